The normalized spacial score (nSPS) is 15.2. The van der Waals surface area contributed by atoms with Gasteiger partial charge in [0.25, 0.3) is 0 Å². The minimum Gasteiger partial charge on any atom is -0.365 e. The molecule has 0 radical (unpaired) electrons. The van der Waals surface area contributed by atoms with Crippen molar-refractivity contribution in [1.82, 2.24) is 4.98 Å². The predicted molar refractivity (Wildman–Crippen MR) is 66.3 cm³/mol. The van der Waals surface area contributed by atoms with Crippen LogP contribution in [0.25, 0.3) is 0 Å². The van der Waals surface area contributed by atoms with E-state index in [1.807, 2.05) is 0 Å². The predicted octanol–water partition coefficient (Wildman–Crippen LogP) is 2.93. The molecule has 1 heterocycles. The summed E-state index contributed by atoms with van der Waals surface area (Å²) in [6.45, 7) is 1.75. The molecule has 0 fully saturated rings. The molecule has 0 amide bonds. The first-order valence-electron chi connectivity index (χ1n) is 4.99. The lowest BCUT2D eigenvalue weighted by molar-refractivity contribution is -0.137. The lowest BCUT2D eigenvalue weighted by Crippen LogP contribution is -2.23. The summed E-state index contributed by atoms with van der Waals surface area (Å²) < 4.78 is 48.1. The summed E-state index contributed by atoms with van der Waals surface area (Å²) in [5.41, 5.74) is -0.898. The number of rotatable bonds is 4. The van der Waals surface area contributed by atoms with Crippen LogP contribution in [0.4, 0.5) is 19.0 Å². The molecule has 18 heavy (non-hydrogen) atoms. The Labute approximate surface area is 110 Å². The summed E-state index contributed by atoms with van der Waals surface area (Å²) in [5.74, 6) is 0.515. The molecule has 0 bridgehead atoms. The van der Waals surface area contributed by atoms with E-state index in [0.717, 1.165) is 6.07 Å². The first kappa shape index (κ1) is 15.2. The monoisotopic (exact) mass is 300 g/mol. The maximum atomic E-state index is 12.4. The van der Waals surface area contributed by atoms with E-state index >= 15 is 0 Å². The smallest absolute Gasteiger partial charge is 0.365 e. The first-order chi connectivity index (χ1) is 8.20. The molecule has 2 atom stereocenters. The molecule has 1 N–H and O–H groups in total. The van der Waals surface area contributed by atoms with Gasteiger partial charge >= 0.3 is 6.18 Å². The fourth-order valence-corrected chi connectivity index (χ4v) is 2.33. The van der Waals surface area contributed by atoms with Gasteiger partial charge in [0.05, 0.1) is 10.6 Å². The average Bonchev–Trinajstić information content (AvgIpc) is 2.18. The van der Waals surface area contributed by atoms with Crippen LogP contribution in [0.2, 0.25) is 5.02 Å². The molecule has 102 valence electrons. The van der Waals surface area contributed by atoms with Gasteiger partial charge in [-0.2, -0.15) is 13.2 Å². The second kappa shape index (κ2) is 5.88. The second-order valence-corrected chi connectivity index (χ2v) is 5.72. The molecule has 0 spiro atoms. The molecule has 0 aliphatic carbocycles. The van der Waals surface area contributed by atoms with Crippen LogP contribution in [0, 0.1) is 0 Å². The van der Waals surface area contributed by atoms with Crippen molar-refractivity contribution in [2.24, 2.45) is 0 Å². The van der Waals surface area contributed by atoms with Crippen molar-refractivity contribution >= 4 is 28.2 Å². The van der Waals surface area contributed by atoms with Crippen LogP contribution >= 0.6 is 11.6 Å². The summed E-state index contributed by atoms with van der Waals surface area (Å²) in [6.07, 6.45) is -2.21. The standard InChI is InChI=1S/C10H12ClF3N2OS/c1-6(5-18(2)17)16-9-8(11)3-7(4-15-9)10(12,13)14/h3-4,6H,5H2,1-2H3,(H,15,16). The van der Waals surface area contributed by atoms with Crippen molar-refractivity contribution < 1.29 is 17.4 Å². The van der Waals surface area contributed by atoms with Crippen LogP contribution in [0.1, 0.15) is 12.5 Å². The van der Waals surface area contributed by atoms with Crippen molar-refractivity contribution in [3.63, 3.8) is 0 Å². The van der Waals surface area contributed by atoms with Crippen LogP contribution < -0.4 is 5.32 Å². The highest BCUT2D eigenvalue weighted by Crippen LogP contribution is 2.32. The summed E-state index contributed by atoms with van der Waals surface area (Å²) in [5, 5.41) is 2.70. The Balaban J connectivity index is 2.83. The van der Waals surface area contributed by atoms with Crippen molar-refractivity contribution in [1.29, 1.82) is 0 Å². The van der Waals surface area contributed by atoms with Gasteiger partial charge < -0.3 is 5.32 Å². The van der Waals surface area contributed by atoms with Crippen LogP contribution in [-0.2, 0) is 17.0 Å². The molecule has 2 unspecified atom stereocenters. The Morgan fingerprint density at radius 1 is 1.56 bits per heavy atom. The van der Waals surface area contributed by atoms with Gasteiger partial charge in [-0.1, -0.05) is 11.6 Å². The van der Waals surface area contributed by atoms with E-state index in [4.69, 9.17) is 11.6 Å². The third-order valence-corrected chi connectivity index (χ3v) is 3.29. The zero-order valence-corrected chi connectivity index (χ0v) is 11.3. The van der Waals surface area contributed by atoms with Crippen LogP contribution in [0.15, 0.2) is 12.3 Å². The molecule has 1 aromatic heterocycles. The number of aromatic nitrogens is 1. The molecular formula is C10H12ClF3N2OS. The summed E-state index contributed by atoms with van der Waals surface area (Å²) in [4.78, 5) is 3.63. The van der Waals surface area contributed by atoms with Crippen molar-refractivity contribution in [2.75, 3.05) is 17.3 Å². The molecule has 0 aliphatic rings. The molecule has 3 nitrogen and oxygen atoms in total. The number of pyridine rings is 1. The number of nitrogens with zero attached hydrogens (tertiary/aromatic N) is 1. The summed E-state index contributed by atoms with van der Waals surface area (Å²) in [7, 11) is -1.01. The fourth-order valence-electron chi connectivity index (χ4n) is 1.33. The number of anilines is 1. The molecule has 0 aliphatic heterocycles. The Kier molecular flexibility index (Phi) is 4.98. The largest absolute Gasteiger partial charge is 0.417 e. The van der Waals surface area contributed by atoms with Gasteiger partial charge in [0, 0.05) is 35.0 Å². The van der Waals surface area contributed by atoms with Gasteiger partial charge in [0.2, 0.25) is 0 Å². The third-order valence-electron chi connectivity index (χ3n) is 2.04. The second-order valence-electron chi connectivity index (χ2n) is 3.84. The van der Waals surface area contributed by atoms with E-state index in [1.54, 1.807) is 13.2 Å². The Morgan fingerprint density at radius 3 is 2.61 bits per heavy atom. The molecule has 0 aromatic carbocycles. The zero-order valence-electron chi connectivity index (χ0n) is 9.71. The fraction of sp³-hybridized carbons (Fsp3) is 0.500. The van der Waals surface area contributed by atoms with E-state index in [9.17, 15) is 17.4 Å². The lowest BCUT2D eigenvalue weighted by atomic mass is 10.2. The highest BCUT2D eigenvalue weighted by atomic mass is 35.5. The van der Waals surface area contributed by atoms with Crippen LogP contribution in [0.3, 0.4) is 0 Å². The molecule has 1 rings (SSSR count). The molecular weight excluding hydrogens is 289 g/mol. The minimum absolute atomic E-state index is 0.112. The van der Waals surface area contributed by atoms with Gasteiger partial charge in [0.15, 0.2) is 0 Å². The SMILES string of the molecule is CC(CS(C)=O)Nc1ncc(C(F)(F)F)cc1Cl. The Morgan fingerprint density at radius 2 is 2.17 bits per heavy atom. The highest BCUT2D eigenvalue weighted by molar-refractivity contribution is 7.84. The van der Waals surface area contributed by atoms with Crippen molar-refractivity contribution in [3.8, 4) is 0 Å². The summed E-state index contributed by atoms with van der Waals surface area (Å²) >= 11 is 5.72. The Hall–Kier alpha value is -0.820. The van der Waals surface area contributed by atoms with Gasteiger partial charge in [-0.25, -0.2) is 4.98 Å². The molecule has 0 saturated carbocycles. The number of nitrogens with one attached hydrogen (secondary N) is 1. The summed E-state index contributed by atoms with van der Waals surface area (Å²) in [6, 6.07) is 0.615. The van der Waals surface area contributed by atoms with Gasteiger partial charge in [-0.05, 0) is 13.0 Å². The lowest BCUT2D eigenvalue weighted by Gasteiger charge is -2.15. The van der Waals surface area contributed by atoms with E-state index in [2.05, 4.69) is 10.3 Å². The average molecular weight is 301 g/mol. The highest BCUT2D eigenvalue weighted by Gasteiger charge is 2.31. The first-order valence-corrected chi connectivity index (χ1v) is 7.10. The topological polar surface area (TPSA) is 42.0 Å². The van der Waals surface area contributed by atoms with E-state index in [1.165, 1.54) is 0 Å². The van der Waals surface area contributed by atoms with Crippen molar-refractivity contribution in [3.05, 3.63) is 22.8 Å². The van der Waals surface area contributed by atoms with Gasteiger partial charge in [0.1, 0.15) is 5.82 Å². The Bertz CT molecular complexity index is 453. The third kappa shape index (κ3) is 4.45. The minimum atomic E-state index is -4.47. The molecule has 0 saturated heterocycles. The van der Waals surface area contributed by atoms with E-state index < -0.39 is 22.5 Å². The molecule has 8 heteroatoms. The van der Waals surface area contributed by atoms with E-state index in [0.29, 0.717) is 11.9 Å². The number of hydrogen-bond acceptors (Lipinski definition) is 3. The maximum Gasteiger partial charge on any atom is 0.417 e. The quantitative estimate of drug-likeness (QED) is 0.929. The number of hydrogen-bond donors (Lipinski definition) is 1. The number of alkyl halides is 3. The molecule has 1 aromatic rings. The van der Waals surface area contributed by atoms with E-state index in [-0.39, 0.29) is 16.9 Å². The zero-order chi connectivity index (χ0) is 13.9. The van der Waals surface area contributed by atoms with Gasteiger partial charge in [-0.15, -0.1) is 0 Å². The number of halogens is 4. The van der Waals surface area contributed by atoms with Crippen molar-refractivity contribution in [2.45, 2.75) is 19.1 Å². The maximum absolute atomic E-state index is 12.4. The van der Waals surface area contributed by atoms with Crippen LogP contribution in [0.5, 0.6) is 0 Å². The van der Waals surface area contributed by atoms with Gasteiger partial charge in [-0.3, -0.25) is 4.21 Å². The van der Waals surface area contributed by atoms with Crippen LogP contribution in [-0.4, -0.2) is 27.2 Å².